The molecule has 0 aliphatic heterocycles. The number of nitrogens with zero attached hydrogens (tertiary/aromatic N) is 2. The normalized spacial score (nSPS) is 10.4. The maximum absolute atomic E-state index is 8.36. The van der Waals surface area contributed by atoms with Gasteiger partial charge in [-0.05, 0) is 13.0 Å². The lowest BCUT2D eigenvalue weighted by molar-refractivity contribution is -0.122. The van der Waals surface area contributed by atoms with E-state index in [-0.39, 0.29) is 11.9 Å². The van der Waals surface area contributed by atoms with Crippen molar-refractivity contribution in [3.8, 4) is 0 Å². The van der Waals surface area contributed by atoms with Crippen molar-refractivity contribution >= 4 is 6.47 Å². The summed E-state index contributed by atoms with van der Waals surface area (Å²) >= 11 is 0. The minimum absolute atomic E-state index is 0.173. The van der Waals surface area contributed by atoms with Gasteiger partial charge in [-0.1, -0.05) is 20.8 Å². The van der Waals surface area contributed by atoms with Crippen LogP contribution in [0.5, 0.6) is 0 Å². The highest BCUT2D eigenvalue weighted by Gasteiger charge is 2.17. The molecule has 0 amide bonds. The first-order valence-corrected chi connectivity index (χ1v) is 4.42. The lowest BCUT2D eigenvalue weighted by Gasteiger charge is -2.13. The third-order valence-corrected chi connectivity index (χ3v) is 1.88. The van der Waals surface area contributed by atoms with Crippen LogP contribution in [0.3, 0.4) is 0 Å². The molecule has 0 bridgehead atoms. The second-order valence-corrected chi connectivity index (χ2v) is 4.15. The first-order chi connectivity index (χ1) is 6.32. The van der Waals surface area contributed by atoms with Crippen molar-refractivity contribution in [1.29, 1.82) is 0 Å². The van der Waals surface area contributed by atoms with E-state index in [0.717, 1.165) is 5.69 Å². The van der Waals surface area contributed by atoms with E-state index < -0.39 is 0 Å². The highest BCUT2D eigenvalue weighted by atomic mass is 16.3. The summed E-state index contributed by atoms with van der Waals surface area (Å²) in [5, 5.41) is 11.3. The van der Waals surface area contributed by atoms with Crippen LogP contribution in [0.4, 0.5) is 0 Å². The molecule has 4 nitrogen and oxygen atoms in total. The third-order valence-electron chi connectivity index (χ3n) is 1.88. The van der Waals surface area contributed by atoms with E-state index in [1.54, 1.807) is 0 Å². The highest BCUT2D eigenvalue weighted by Crippen LogP contribution is 2.20. The molecule has 0 aromatic carbocycles. The number of hydrogen-bond donors (Lipinski definition) is 1. The van der Waals surface area contributed by atoms with E-state index in [2.05, 4.69) is 38.9 Å². The van der Waals surface area contributed by atoms with Crippen LogP contribution >= 0.6 is 0 Å². The molecule has 0 fully saturated rings. The van der Waals surface area contributed by atoms with E-state index in [1.165, 1.54) is 5.69 Å². The minimum atomic E-state index is -0.250. The van der Waals surface area contributed by atoms with Crippen molar-refractivity contribution < 1.29 is 9.90 Å². The second-order valence-electron chi connectivity index (χ2n) is 4.15. The zero-order chi connectivity index (χ0) is 11.4. The molecule has 1 aromatic rings. The Hall–Kier alpha value is -1.32. The summed E-state index contributed by atoms with van der Waals surface area (Å²) in [5.74, 6) is 0. The fourth-order valence-electron chi connectivity index (χ4n) is 0.927. The Labute approximate surface area is 84.6 Å². The topological polar surface area (TPSA) is 55.1 Å². The van der Waals surface area contributed by atoms with E-state index >= 15 is 0 Å². The SMILES string of the molecule is Cc1cc(C(C)(C)C)nn1C.O=CO. The zero-order valence-electron chi connectivity index (χ0n) is 9.40. The first-order valence-electron chi connectivity index (χ1n) is 4.42. The maximum Gasteiger partial charge on any atom is 0.290 e. The Kier molecular flexibility index (Phi) is 4.34. The van der Waals surface area contributed by atoms with Gasteiger partial charge in [0.25, 0.3) is 6.47 Å². The lowest BCUT2D eigenvalue weighted by atomic mass is 9.92. The van der Waals surface area contributed by atoms with Crippen LogP contribution in [0.1, 0.15) is 32.2 Å². The average molecular weight is 198 g/mol. The van der Waals surface area contributed by atoms with Crippen LogP contribution in [0.25, 0.3) is 0 Å². The van der Waals surface area contributed by atoms with Crippen LogP contribution in [0.15, 0.2) is 6.07 Å². The molecule has 0 aliphatic rings. The second kappa shape index (κ2) is 4.79. The van der Waals surface area contributed by atoms with Crippen molar-refractivity contribution in [3.05, 3.63) is 17.5 Å². The summed E-state index contributed by atoms with van der Waals surface area (Å²) in [6.07, 6.45) is 0. The average Bonchev–Trinajstić information content (AvgIpc) is 2.32. The van der Waals surface area contributed by atoms with Gasteiger partial charge in [-0.3, -0.25) is 9.48 Å². The molecule has 0 radical (unpaired) electrons. The van der Waals surface area contributed by atoms with Gasteiger partial charge in [0, 0.05) is 18.2 Å². The fraction of sp³-hybridized carbons (Fsp3) is 0.600. The van der Waals surface area contributed by atoms with Gasteiger partial charge in [0.1, 0.15) is 0 Å². The molecule has 1 aromatic heterocycles. The van der Waals surface area contributed by atoms with Crippen LogP contribution in [-0.2, 0) is 17.3 Å². The molecule has 1 N–H and O–H groups in total. The molecule has 0 spiro atoms. The Bertz CT molecular complexity index is 278. The minimum Gasteiger partial charge on any atom is -0.483 e. The number of aromatic nitrogens is 2. The maximum atomic E-state index is 8.36. The van der Waals surface area contributed by atoms with Gasteiger partial charge >= 0.3 is 0 Å². The number of hydrogen-bond acceptors (Lipinski definition) is 2. The predicted molar refractivity (Wildman–Crippen MR) is 55.3 cm³/mol. The molecular weight excluding hydrogens is 180 g/mol. The van der Waals surface area contributed by atoms with Crippen LogP contribution in [0, 0.1) is 6.92 Å². The molecule has 0 saturated carbocycles. The van der Waals surface area contributed by atoms with Gasteiger partial charge in [-0.2, -0.15) is 5.10 Å². The summed E-state index contributed by atoms with van der Waals surface area (Å²) in [4.78, 5) is 8.36. The van der Waals surface area contributed by atoms with Gasteiger partial charge in [-0.15, -0.1) is 0 Å². The standard InChI is InChI=1S/C9H16N2.CH2O2/c1-7-6-8(9(2,3)4)10-11(7)5;2-1-3/h6H,1-5H3;1H,(H,2,3). The molecule has 0 saturated heterocycles. The summed E-state index contributed by atoms with van der Waals surface area (Å²) in [7, 11) is 1.98. The summed E-state index contributed by atoms with van der Waals surface area (Å²) in [6, 6.07) is 2.14. The van der Waals surface area contributed by atoms with Gasteiger partial charge in [0.05, 0.1) is 5.69 Å². The fourth-order valence-corrected chi connectivity index (χ4v) is 0.927. The molecule has 0 aliphatic carbocycles. The van der Waals surface area contributed by atoms with Crippen molar-refractivity contribution in [2.24, 2.45) is 7.05 Å². The Morgan fingerprint density at radius 3 is 2.07 bits per heavy atom. The number of rotatable bonds is 0. The van der Waals surface area contributed by atoms with E-state index in [9.17, 15) is 0 Å². The van der Waals surface area contributed by atoms with Gasteiger partial charge < -0.3 is 5.11 Å². The Balaban J connectivity index is 0.000000500. The van der Waals surface area contributed by atoms with E-state index in [1.807, 2.05) is 11.7 Å². The number of aryl methyl sites for hydroxylation is 2. The van der Waals surface area contributed by atoms with Crippen molar-refractivity contribution in [2.45, 2.75) is 33.1 Å². The molecule has 14 heavy (non-hydrogen) atoms. The molecular formula is C10H18N2O2. The first kappa shape index (κ1) is 12.7. The summed E-state index contributed by atoms with van der Waals surface area (Å²) in [6.45, 7) is 8.35. The Morgan fingerprint density at radius 1 is 1.50 bits per heavy atom. The monoisotopic (exact) mass is 198 g/mol. The van der Waals surface area contributed by atoms with Crippen molar-refractivity contribution in [2.75, 3.05) is 0 Å². The van der Waals surface area contributed by atoms with Gasteiger partial charge in [-0.25, -0.2) is 0 Å². The molecule has 4 heteroatoms. The van der Waals surface area contributed by atoms with E-state index in [4.69, 9.17) is 9.90 Å². The van der Waals surface area contributed by atoms with Crippen LogP contribution in [-0.4, -0.2) is 21.4 Å². The molecule has 80 valence electrons. The van der Waals surface area contributed by atoms with Crippen molar-refractivity contribution in [1.82, 2.24) is 9.78 Å². The smallest absolute Gasteiger partial charge is 0.290 e. The predicted octanol–water partition coefficient (Wildman–Crippen LogP) is 1.73. The van der Waals surface area contributed by atoms with Gasteiger partial charge in [0.15, 0.2) is 0 Å². The quantitative estimate of drug-likeness (QED) is 0.646. The number of carboxylic acid groups (broad SMARTS) is 1. The van der Waals surface area contributed by atoms with Crippen LogP contribution < -0.4 is 0 Å². The summed E-state index contributed by atoms with van der Waals surface area (Å²) < 4.78 is 1.92. The Morgan fingerprint density at radius 2 is 1.93 bits per heavy atom. The summed E-state index contributed by atoms with van der Waals surface area (Å²) in [5.41, 5.74) is 2.55. The van der Waals surface area contributed by atoms with Gasteiger partial charge in [0.2, 0.25) is 0 Å². The molecule has 1 heterocycles. The van der Waals surface area contributed by atoms with Crippen LogP contribution in [0.2, 0.25) is 0 Å². The molecule has 0 unspecified atom stereocenters. The number of carbonyl (C=O) groups is 1. The third kappa shape index (κ3) is 3.60. The molecule has 0 atom stereocenters. The molecule has 1 rings (SSSR count). The largest absolute Gasteiger partial charge is 0.483 e. The van der Waals surface area contributed by atoms with E-state index in [0.29, 0.717) is 0 Å². The zero-order valence-corrected chi connectivity index (χ0v) is 9.40. The van der Waals surface area contributed by atoms with Crippen molar-refractivity contribution in [3.63, 3.8) is 0 Å². The highest BCUT2D eigenvalue weighted by molar-refractivity contribution is 5.32. The lowest BCUT2D eigenvalue weighted by Crippen LogP contribution is -2.12.